The van der Waals surface area contributed by atoms with Crippen LogP contribution in [0.5, 0.6) is 0 Å². The molecule has 0 aliphatic rings. The van der Waals surface area contributed by atoms with E-state index in [0.29, 0.717) is 0 Å². The third kappa shape index (κ3) is 3.71. The van der Waals surface area contributed by atoms with Gasteiger partial charge in [-0.1, -0.05) is 59.9 Å². The molecular weight excluding hydrogens is 322 g/mol. The first-order valence-corrected chi connectivity index (χ1v) is 8.97. The summed E-state index contributed by atoms with van der Waals surface area (Å²) in [6, 6.07) is 20.0. The largest absolute Gasteiger partial charge is 0.361 e. The van der Waals surface area contributed by atoms with Crippen LogP contribution < -0.4 is 5.43 Å². The molecule has 116 valence electrons. The van der Waals surface area contributed by atoms with Gasteiger partial charge in [0.2, 0.25) is 5.43 Å². The number of aromatic nitrogens is 1. The van der Waals surface area contributed by atoms with Crippen molar-refractivity contribution in [2.24, 2.45) is 0 Å². The van der Waals surface area contributed by atoms with Gasteiger partial charge in [-0.05, 0) is 38.1 Å². The lowest BCUT2D eigenvalue weighted by Gasteiger charge is -2.11. The Hall–Kier alpha value is -1.91. The maximum absolute atomic E-state index is 13.0. The summed E-state index contributed by atoms with van der Waals surface area (Å²) in [7, 11) is 0. The topological polar surface area (TPSA) is 32.9 Å². The van der Waals surface area contributed by atoms with E-state index < -0.39 is 0 Å². The van der Waals surface area contributed by atoms with Crippen LogP contribution in [0.3, 0.4) is 0 Å². The molecule has 23 heavy (non-hydrogen) atoms. The van der Waals surface area contributed by atoms with Gasteiger partial charge in [0.15, 0.2) is 0 Å². The lowest BCUT2D eigenvalue weighted by Crippen LogP contribution is -2.12. The van der Waals surface area contributed by atoms with Crippen molar-refractivity contribution in [3.05, 3.63) is 82.3 Å². The van der Waals surface area contributed by atoms with Gasteiger partial charge >= 0.3 is 0 Å². The van der Waals surface area contributed by atoms with Gasteiger partial charge in [0.05, 0.1) is 9.79 Å². The predicted molar refractivity (Wildman–Crippen MR) is 97.7 cm³/mol. The van der Waals surface area contributed by atoms with Crippen molar-refractivity contribution < 1.29 is 0 Å². The van der Waals surface area contributed by atoms with E-state index in [2.05, 4.69) is 4.98 Å². The second-order valence-electron chi connectivity index (χ2n) is 5.19. The van der Waals surface area contributed by atoms with Gasteiger partial charge in [0, 0.05) is 21.2 Å². The molecule has 3 rings (SSSR count). The molecule has 1 heterocycles. The fourth-order valence-corrected chi connectivity index (χ4v) is 4.22. The Morgan fingerprint density at radius 2 is 1.09 bits per heavy atom. The quantitative estimate of drug-likeness (QED) is 0.700. The van der Waals surface area contributed by atoms with E-state index in [0.717, 1.165) is 31.0 Å². The second-order valence-corrected chi connectivity index (χ2v) is 7.36. The van der Waals surface area contributed by atoms with E-state index in [1.54, 1.807) is 0 Å². The van der Waals surface area contributed by atoms with Crippen molar-refractivity contribution in [2.75, 3.05) is 0 Å². The molecule has 0 spiro atoms. The zero-order valence-electron chi connectivity index (χ0n) is 13.0. The van der Waals surface area contributed by atoms with Gasteiger partial charge in [-0.3, -0.25) is 4.79 Å². The summed E-state index contributed by atoms with van der Waals surface area (Å²) >= 11 is 3.03. The fourth-order valence-electron chi connectivity index (χ4n) is 2.30. The number of nitrogens with one attached hydrogen (secondary N) is 1. The molecule has 0 saturated heterocycles. The van der Waals surface area contributed by atoms with Crippen molar-refractivity contribution in [1.82, 2.24) is 4.98 Å². The summed E-state index contributed by atoms with van der Waals surface area (Å²) in [4.78, 5) is 20.0. The van der Waals surface area contributed by atoms with E-state index in [1.165, 1.54) is 23.5 Å². The van der Waals surface area contributed by atoms with E-state index >= 15 is 0 Å². The maximum Gasteiger partial charge on any atom is 0.209 e. The van der Waals surface area contributed by atoms with Crippen LogP contribution in [-0.2, 0) is 0 Å². The molecule has 0 aliphatic heterocycles. The highest BCUT2D eigenvalue weighted by Gasteiger charge is 2.15. The van der Waals surface area contributed by atoms with Crippen molar-refractivity contribution in [2.45, 2.75) is 33.4 Å². The lowest BCUT2D eigenvalue weighted by molar-refractivity contribution is 0.969. The molecule has 0 saturated carbocycles. The van der Waals surface area contributed by atoms with Crippen LogP contribution in [-0.4, -0.2) is 4.98 Å². The first-order chi connectivity index (χ1) is 11.1. The van der Waals surface area contributed by atoms with Crippen molar-refractivity contribution in [1.29, 1.82) is 0 Å². The summed E-state index contributed by atoms with van der Waals surface area (Å²) in [5.74, 6) is 0. The minimum atomic E-state index is 0.0986. The minimum Gasteiger partial charge on any atom is -0.361 e. The molecule has 0 bridgehead atoms. The molecule has 1 N–H and O–H groups in total. The Balaban J connectivity index is 2.01. The number of pyridine rings is 1. The van der Waals surface area contributed by atoms with Crippen LogP contribution >= 0.6 is 23.5 Å². The number of aryl methyl sites for hydroxylation is 2. The third-order valence-electron chi connectivity index (χ3n) is 3.39. The highest BCUT2D eigenvalue weighted by molar-refractivity contribution is 8.00. The molecule has 0 unspecified atom stereocenters. The van der Waals surface area contributed by atoms with Gasteiger partial charge in [0.1, 0.15) is 0 Å². The molecule has 2 aromatic carbocycles. The summed E-state index contributed by atoms with van der Waals surface area (Å²) in [5, 5.41) is 0. The highest BCUT2D eigenvalue weighted by atomic mass is 32.2. The molecular formula is C19H17NOS2. The predicted octanol–water partition coefficient (Wildman–Crippen LogP) is 5.29. The van der Waals surface area contributed by atoms with E-state index in [9.17, 15) is 4.79 Å². The van der Waals surface area contributed by atoms with Crippen LogP contribution in [0.15, 0.2) is 85.0 Å². The third-order valence-corrected chi connectivity index (χ3v) is 5.80. The molecule has 0 amide bonds. The Morgan fingerprint density at radius 1 is 0.696 bits per heavy atom. The molecule has 1 aromatic heterocycles. The van der Waals surface area contributed by atoms with Gasteiger partial charge in [-0.25, -0.2) is 0 Å². The number of hydrogen-bond donors (Lipinski definition) is 1. The average molecular weight is 339 g/mol. The number of benzene rings is 2. The van der Waals surface area contributed by atoms with E-state index in [4.69, 9.17) is 0 Å². The molecule has 0 radical (unpaired) electrons. The lowest BCUT2D eigenvalue weighted by atomic mass is 10.3. The first-order valence-electron chi connectivity index (χ1n) is 7.34. The maximum atomic E-state index is 13.0. The average Bonchev–Trinajstić information content (AvgIpc) is 2.57. The van der Waals surface area contributed by atoms with E-state index in [-0.39, 0.29) is 5.43 Å². The smallest absolute Gasteiger partial charge is 0.209 e. The van der Waals surface area contributed by atoms with Gasteiger partial charge in [0.25, 0.3) is 0 Å². The Labute approximate surface area is 144 Å². The van der Waals surface area contributed by atoms with Crippen LogP contribution in [0.2, 0.25) is 0 Å². The molecule has 3 aromatic rings. The molecule has 0 atom stereocenters. The number of rotatable bonds is 4. The number of hydrogen-bond acceptors (Lipinski definition) is 3. The number of aromatic amines is 1. The molecule has 2 nitrogen and oxygen atoms in total. The highest BCUT2D eigenvalue weighted by Crippen LogP contribution is 2.32. The minimum absolute atomic E-state index is 0.0986. The normalized spacial score (nSPS) is 10.7. The van der Waals surface area contributed by atoms with Gasteiger partial charge in [-0.2, -0.15) is 0 Å². The summed E-state index contributed by atoms with van der Waals surface area (Å²) in [6.07, 6.45) is 0. The summed E-state index contributed by atoms with van der Waals surface area (Å²) < 4.78 is 0. The van der Waals surface area contributed by atoms with Crippen molar-refractivity contribution in [3.63, 3.8) is 0 Å². The summed E-state index contributed by atoms with van der Waals surface area (Å²) in [6.45, 7) is 3.91. The van der Waals surface area contributed by atoms with Crippen LogP contribution in [0.1, 0.15) is 11.4 Å². The Bertz CT molecular complexity index is 789. The molecule has 0 aliphatic carbocycles. The zero-order valence-corrected chi connectivity index (χ0v) is 14.6. The fraction of sp³-hybridized carbons (Fsp3) is 0.105. The second kappa shape index (κ2) is 7.11. The molecule has 0 fully saturated rings. The first kappa shape index (κ1) is 16.0. The van der Waals surface area contributed by atoms with Crippen LogP contribution in [0, 0.1) is 13.8 Å². The van der Waals surface area contributed by atoms with Crippen LogP contribution in [0.25, 0.3) is 0 Å². The van der Waals surface area contributed by atoms with Gasteiger partial charge < -0.3 is 4.98 Å². The van der Waals surface area contributed by atoms with Crippen LogP contribution in [0.4, 0.5) is 0 Å². The summed E-state index contributed by atoms with van der Waals surface area (Å²) in [5.41, 5.74) is 1.93. The zero-order chi connectivity index (χ0) is 16.2. The molecule has 4 heteroatoms. The van der Waals surface area contributed by atoms with Crippen molar-refractivity contribution in [3.8, 4) is 0 Å². The SMILES string of the molecule is Cc1[nH]c(C)c(Sc2ccccc2)c(=O)c1Sc1ccccc1. The Morgan fingerprint density at radius 3 is 1.48 bits per heavy atom. The van der Waals surface area contributed by atoms with E-state index in [1.807, 2.05) is 74.5 Å². The monoisotopic (exact) mass is 339 g/mol. The number of H-pyrrole nitrogens is 1. The van der Waals surface area contributed by atoms with Crippen molar-refractivity contribution >= 4 is 23.5 Å². The van der Waals surface area contributed by atoms with Gasteiger partial charge in [-0.15, -0.1) is 0 Å². The standard InChI is InChI=1S/C19H17NOS2/c1-13-18(22-15-9-5-3-6-10-15)17(21)19(14(2)20-13)23-16-11-7-4-8-12-16/h3-12H,1-2H3,(H,20,21). The Kier molecular flexibility index (Phi) is 4.94.